The molecule has 2 aromatic carbocycles. The van der Waals surface area contributed by atoms with Crippen molar-refractivity contribution in [3.8, 4) is 22.6 Å². The summed E-state index contributed by atoms with van der Waals surface area (Å²) in [6.45, 7) is 1.99. The van der Waals surface area contributed by atoms with Gasteiger partial charge in [-0.1, -0.05) is 18.2 Å². The Morgan fingerprint density at radius 3 is 2.48 bits per heavy atom. The summed E-state index contributed by atoms with van der Waals surface area (Å²) >= 11 is 0. The molecular weight excluding hydrogens is 411 g/mol. The Morgan fingerprint density at radius 1 is 1.10 bits per heavy atom. The van der Waals surface area contributed by atoms with Crippen LogP contribution in [0, 0.1) is 0 Å². The van der Waals surface area contributed by atoms with E-state index in [-0.39, 0.29) is 40.1 Å². The molecule has 0 amide bonds. The number of hydrogen-bond acceptors (Lipinski definition) is 4. The van der Waals surface area contributed by atoms with E-state index < -0.39 is 22.9 Å². The van der Waals surface area contributed by atoms with Crippen molar-refractivity contribution in [1.82, 2.24) is 0 Å². The highest BCUT2D eigenvalue weighted by Gasteiger charge is 2.40. The van der Waals surface area contributed by atoms with Gasteiger partial charge in [-0.05, 0) is 37.5 Å². The number of alkyl halides is 3. The number of ether oxygens (including phenoxy) is 1. The molecule has 2 heterocycles. The van der Waals surface area contributed by atoms with Crippen molar-refractivity contribution in [2.45, 2.75) is 32.0 Å². The number of rotatable bonds is 4. The molecule has 0 radical (unpaired) electrons. The minimum Gasteiger partial charge on any atom is -0.507 e. The van der Waals surface area contributed by atoms with E-state index in [4.69, 9.17) is 9.15 Å². The number of nitrogens with one attached hydrogen (secondary N) is 1. The quantitative estimate of drug-likeness (QED) is 0.657. The summed E-state index contributed by atoms with van der Waals surface area (Å²) in [7, 11) is 1.33. The summed E-state index contributed by atoms with van der Waals surface area (Å²) < 4.78 is 52.7. The fourth-order valence-electron chi connectivity index (χ4n) is 4.25. The van der Waals surface area contributed by atoms with Crippen molar-refractivity contribution in [3.63, 3.8) is 0 Å². The Morgan fingerprint density at radius 2 is 1.81 bits per heavy atom. The van der Waals surface area contributed by atoms with E-state index in [1.807, 2.05) is 0 Å². The van der Waals surface area contributed by atoms with E-state index in [0.29, 0.717) is 0 Å². The van der Waals surface area contributed by atoms with Crippen LogP contribution < -0.4 is 15.1 Å². The van der Waals surface area contributed by atoms with E-state index in [0.717, 1.165) is 37.3 Å². The molecule has 1 aliphatic rings. The highest BCUT2D eigenvalue weighted by Crippen LogP contribution is 2.41. The number of hydrogen-bond donors (Lipinski definition) is 2. The van der Waals surface area contributed by atoms with Gasteiger partial charge in [-0.2, -0.15) is 13.2 Å². The van der Waals surface area contributed by atoms with Gasteiger partial charge in [-0.25, -0.2) is 0 Å². The van der Waals surface area contributed by atoms with E-state index in [2.05, 4.69) is 0 Å². The Bertz CT molecular complexity index is 1160. The van der Waals surface area contributed by atoms with Crippen molar-refractivity contribution in [1.29, 1.82) is 0 Å². The third kappa shape index (κ3) is 3.99. The van der Waals surface area contributed by atoms with Crippen molar-refractivity contribution in [2.75, 3.05) is 20.2 Å². The predicted molar refractivity (Wildman–Crippen MR) is 109 cm³/mol. The molecule has 0 spiro atoms. The van der Waals surface area contributed by atoms with Crippen molar-refractivity contribution >= 4 is 11.0 Å². The van der Waals surface area contributed by atoms with Crippen LogP contribution in [0.15, 0.2) is 45.6 Å². The van der Waals surface area contributed by atoms with Crippen LogP contribution in [0.2, 0.25) is 0 Å². The van der Waals surface area contributed by atoms with Gasteiger partial charge in [-0.15, -0.1) is 0 Å². The maximum Gasteiger partial charge on any atom is 0.450 e. The monoisotopic (exact) mass is 434 g/mol. The minimum absolute atomic E-state index is 0.00174. The van der Waals surface area contributed by atoms with E-state index >= 15 is 0 Å². The van der Waals surface area contributed by atoms with Crippen molar-refractivity contribution in [2.24, 2.45) is 0 Å². The molecule has 1 aromatic heterocycles. The fraction of sp³-hybridized carbons (Fsp3) is 0.348. The van der Waals surface area contributed by atoms with Gasteiger partial charge in [0.25, 0.3) is 0 Å². The minimum atomic E-state index is -4.91. The van der Waals surface area contributed by atoms with Gasteiger partial charge in [0.1, 0.15) is 18.0 Å². The Balaban J connectivity index is 1.99. The van der Waals surface area contributed by atoms with Crippen LogP contribution in [0.1, 0.15) is 30.6 Å². The molecule has 5 nitrogen and oxygen atoms in total. The summed E-state index contributed by atoms with van der Waals surface area (Å²) in [6.07, 6.45) is -1.78. The third-order valence-corrected chi connectivity index (χ3v) is 5.76. The number of fused-ring (bicyclic) bond motifs is 1. The number of likely N-dealkylation sites (tertiary alicyclic amines) is 1. The first-order valence-corrected chi connectivity index (χ1v) is 10.2. The lowest BCUT2D eigenvalue weighted by Crippen LogP contribution is -3.11. The van der Waals surface area contributed by atoms with Crippen LogP contribution in [-0.2, 0) is 12.7 Å². The standard InChI is InChI=1S/C23H22F3NO4/c1-30-18-8-4-3-7-14(18)19-20(29)15-9-10-17(28)16(13-27-11-5-2-6-12-27)21(15)31-22(19)23(24,25)26/h3-4,7-10,28H,2,5-6,11-13H2,1H3/p+1. The SMILES string of the molecule is COc1ccccc1-c1c(C(F)(F)F)oc2c(C[NH+]3CCCCC3)c(O)ccc2c1=O. The molecule has 31 heavy (non-hydrogen) atoms. The molecule has 0 atom stereocenters. The van der Waals surface area contributed by atoms with Crippen LogP contribution in [0.4, 0.5) is 13.2 Å². The first-order chi connectivity index (χ1) is 14.8. The zero-order valence-corrected chi connectivity index (χ0v) is 17.0. The number of halogens is 3. The molecule has 1 saturated heterocycles. The highest BCUT2D eigenvalue weighted by molar-refractivity contribution is 5.87. The number of quaternary nitrogens is 1. The molecule has 164 valence electrons. The van der Waals surface area contributed by atoms with Gasteiger partial charge in [0.2, 0.25) is 11.2 Å². The third-order valence-electron chi connectivity index (χ3n) is 5.76. The molecule has 1 aliphatic heterocycles. The van der Waals surface area contributed by atoms with E-state index in [1.54, 1.807) is 6.07 Å². The lowest BCUT2D eigenvalue weighted by molar-refractivity contribution is -0.918. The number of piperidine rings is 1. The van der Waals surface area contributed by atoms with Crippen LogP contribution in [-0.4, -0.2) is 25.3 Å². The molecule has 0 unspecified atom stereocenters. The van der Waals surface area contributed by atoms with Gasteiger partial charge < -0.3 is 19.2 Å². The van der Waals surface area contributed by atoms with Gasteiger partial charge in [0.15, 0.2) is 5.58 Å². The second-order valence-corrected chi connectivity index (χ2v) is 7.76. The molecule has 0 bridgehead atoms. The maximum atomic E-state index is 14.0. The molecule has 8 heteroatoms. The lowest BCUT2D eigenvalue weighted by atomic mass is 9.99. The molecule has 0 aliphatic carbocycles. The number of phenols is 1. The van der Waals surface area contributed by atoms with Gasteiger partial charge >= 0.3 is 6.18 Å². The molecule has 1 fully saturated rings. The molecule has 3 aromatic rings. The second kappa shape index (κ2) is 8.26. The van der Waals surface area contributed by atoms with Gasteiger partial charge in [0, 0.05) is 5.56 Å². The van der Waals surface area contributed by atoms with Crippen LogP contribution in [0.25, 0.3) is 22.1 Å². The first-order valence-electron chi connectivity index (χ1n) is 10.2. The van der Waals surface area contributed by atoms with Gasteiger partial charge in [0.05, 0.1) is 36.7 Å². The van der Waals surface area contributed by atoms with E-state index in [1.165, 1.54) is 37.4 Å². The predicted octanol–water partition coefficient (Wildman–Crippen LogP) is 3.76. The van der Waals surface area contributed by atoms with Crippen LogP contribution in [0.3, 0.4) is 0 Å². The molecule has 4 rings (SSSR count). The summed E-state index contributed by atoms with van der Waals surface area (Å²) in [5.74, 6) is -1.43. The zero-order valence-electron chi connectivity index (χ0n) is 17.0. The molecule has 2 N–H and O–H groups in total. The Kier molecular flexibility index (Phi) is 5.66. The fourth-order valence-corrected chi connectivity index (χ4v) is 4.25. The van der Waals surface area contributed by atoms with Gasteiger partial charge in [-0.3, -0.25) is 4.79 Å². The topological polar surface area (TPSA) is 64.1 Å². The number of phenolic OH excluding ortho intramolecular Hbond substituents is 1. The zero-order chi connectivity index (χ0) is 22.2. The summed E-state index contributed by atoms with van der Waals surface area (Å²) in [5, 5.41) is 10.4. The van der Waals surface area contributed by atoms with Crippen LogP contribution in [0.5, 0.6) is 11.5 Å². The normalized spacial score (nSPS) is 15.4. The number of benzene rings is 2. The van der Waals surface area contributed by atoms with Crippen molar-refractivity contribution < 1.29 is 32.3 Å². The maximum absolute atomic E-state index is 14.0. The number of aromatic hydroxyl groups is 1. The number of para-hydroxylation sites is 1. The Hall–Kier alpha value is -3.00. The number of methoxy groups -OCH3 is 1. The average Bonchev–Trinajstić information content (AvgIpc) is 2.75. The van der Waals surface area contributed by atoms with Crippen LogP contribution >= 0.6 is 0 Å². The summed E-state index contributed by atoms with van der Waals surface area (Å²) in [5.41, 5.74) is -1.39. The van der Waals surface area contributed by atoms with E-state index in [9.17, 15) is 23.1 Å². The first kappa shape index (κ1) is 21.2. The smallest absolute Gasteiger partial charge is 0.450 e. The summed E-state index contributed by atoms with van der Waals surface area (Å²) in [4.78, 5) is 14.5. The molecular formula is C23H23F3NO4+. The van der Waals surface area contributed by atoms with Crippen molar-refractivity contribution in [3.05, 3.63) is 57.9 Å². The second-order valence-electron chi connectivity index (χ2n) is 7.76. The Labute approximate surface area is 176 Å². The average molecular weight is 434 g/mol. The molecule has 0 saturated carbocycles. The largest absolute Gasteiger partial charge is 0.507 e. The summed E-state index contributed by atoms with van der Waals surface area (Å²) in [6, 6.07) is 8.67. The lowest BCUT2D eigenvalue weighted by Gasteiger charge is -2.24. The highest BCUT2D eigenvalue weighted by atomic mass is 19.4.